The number of hydrogen-bond acceptors (Lipinski definition) is 3. The van der Waals surface area contributed by atoms with E-state index in [0.29, 0.717) is 17.3 Å². The van der Waals surface area contributed by atoms with Crippen LogP contribution in [-0.4, -0.2) is 34.0 Å². The van der Waals surface area contributed by atoms with Gasteiger partial charge in [0, 0.05) is 22.9 Å². The fourth-order valence-electron chi connectivity index (χ4n) is 2.80. The molecular weight excluding hydrogens is 404 g/mol. The number of nitrogens with one attached hydrogen (secondary N) is 1. The maximum Gasteiger partial charge on any atom is 0.242 e. The summed E-state index contributed by atoms with van der Waals surface area (Å²) in [5, 5.41) is 3.58. The Morgan fingerprint density at radius 2 is 1.72 bits per heavy atom. The first-order valence-corrected chi connectivity index (χ1v) is 11.2. The zero-order chi connectivity index (χ0) is 21.4. The minimum absolute atomic E-state index is 0.0672. The summed E-state index contributed by atoms with van der Waals surface area (Å²) in [5.74, 6) is 0.825. The molecule has 29 heavy (non-hydrogen) atoms. The lowest BCUT2D eigenvalue weighted by molar-refractivity contribution is -0.139. The van der Waals surface area contributed by atoms with E-state index in [0.717, 1.165) is 11.3 Å². The molecule has 1 unspecified atom stereocenters. The molecule has 0 aliphatic rings. The molecule has 156 valence electrons. The minimum atomic E-state index is -0.585. The van der Waals surface area contributed by atoms with Crippen molar-refractivity contribution in [3.8, 4) is 0 Å². The van der Waals surface area contributed by atoms with Gasteiger partial charge in [-0.1, -0.05) is 54.1 Å². The van der Waals surface area contributed by atoms with Crippen LogP contribution < -0.4 is 5.32 Å². The van der Waals surface area contributed by atoms with Crippen molar-refractivity contribution in [1.29, 1.82) is 0 Å². The number of thioether (sulfide) groups is 1. The fraction of sp³-hybridized carbons (Fsp3) is 0.391. The Bertz CT molecular complexity index is 821. The molecule has 2 rings (SSSR count). The lowest BCUT2D eigenvalue weighted by atomic mass is 10.1. The molecular formula is C23H29ClN2O2S. The number of amides is 2. The second-order valence-corrected chi connectivity index (χ2v) is 9.47. The van der Waals surface area contributed by atoms with Gasteiger partial charge in [0.05, 0.1) is 5.75 Å². The van der Waals surface area contributed by atoms with Crippen LogP contribution in [0.3, 0.4) is 0 Å². The number of carbonyl (C=O) groups is 2. The predicted molar refractivity (Wildman–Crippen MR) is 122 cm³/mol. The largest absolute Gasteiger partial charge is 0.350 e. The Morgan fingerprint density at radius 1 is 1.07 bits per heavy atom. The van der Waals surface area contributed by atoms with E-state index in [1.165, 1.54) is 5.56 Å². The van der Waals surface area contributed by atoms with Gasteiger partial charge in [0.1, 0.15) is 6.04 Å². The van der Waals surface area contributed by atoms with Crippen molar-refractivity contribution in [2.75, 3.05) is 5.75 Å². The highest BCUT2D eigenvalue weighted by Crippen LogP contribution is 2.18. The van der Waals surface area contributed by atoms with Gasteiger partial charge in [-0.05, 0) is 51.0 Å². The highest BCUT2D eigenvalue weighted by atomic mass is 35.5. The first kappa shape index (κ1) is 23.3. The van der Waals surface area contributed by atoms with Crippen molar-refractivity contribution in [2.24, 2.45) is 0 Å². The topological polar surface area (TPSA) is 49.4 Å². The maximum absolute atomic E-state index is 13.0. The van der Waals surface area contributed by atoms with Gasteiger partial charge in [-0.2, -0.15) is 0 Å². The average molecular weight is 433 g/mol. The second-order valence-electron chi connectivity index (χ2n) is 8.05. The molecule has 6 heteroatoms. The fourth-order valence-corrected chi connectivity index (χ4v) is 3.89. The van der Waals surface area contributed by atoms with Crippen molar-refractivity contribution >= 4 is 35.2 Å². The van der Waals surface area contributed by atoms with Crippen LogP contribution in [0.25, 0.3) is 0 Å². The molecule has 0 aliphatic heterocycles. The van der Waals surface area contributed by atoms with Crippen LogP contribution in [-0.2, 0) is 21.9 Å². The molecule has 0 heterocycles. The number of halogens is 1. The quantitative estimate of drug-likeness (QED) is 0.645. The summed E-state index contributed by atoms with van der Waals surface area (Å²) < 4.78 is 0. The minimum Gasteiger partial charge on any atom is -0.350 e. The smallest absolute Gasteiger partial charge is 0.242 e. The third-order valence-electron chi connectivity index (χ3n) is 4.24. The summed E-state index contributed by atoms with van der Waals surface area (Å²) in [6.45, 7) is 7.89. The van der Waals surface area contributed by atoms with Gasteiger partial charge in [-0.3, -0.25) is 9.59 Å². The molecule has 1 N–H and O–H groups in total. The van der Waals surface area contributed by atoms with E-state index >= 15 is 0 Å². The molecule has 0 radical (unpaired) electrons. The Balaban J connectivity index is 2.09. The molecule has 4 nitrogen and oxygen atoms in total. The molecule has 2 aromatic carbocycles. The van der Waals surface area contributed by atoms with Crippen LogP contribution in [0.2, 0.25) is 5.02 Å². The monoisotopic (exact) mass is 432 g/mol. The highest BCUT2D eigenvalue weighted by molar-refractivity contribution is 7.99. The number of rotatable bonds is 8. The summed E-state index contributed by atoms with van der Waals surface area (Å²) in [5.41, 5.74) is 1.71. The standard InChI is InChI=1S/C23H29ClN2O2S/c1-17(22(28)25-23(2,3)4)26(14-19-11-8-12-20(24)13-19)21(27)16-29-15-18-9-6-5-7-10-18/h5-13,17H,14-16H2,1-4H3,(H,25,28). The van der Waals surface area contributed by atoms with Gasteiger partial charge in [0.2, 0.25) is 11.8 Å². The summed E-state index contributed by atoms with van der Waals surface area (Å²) in [7, 11) is 0. The summed E-state index contributed by atoms with van der Waals surface area (Å²) in [6, 6.07) is 16.8. The number of nitrogens with zero attached hydrogens (tertiary/aromatic N) is 1. The predicted octanol–water partition coefficient (Wildman–Crippen LogP) is 4.91. The molecule has 0 aromatic heterocycles. The molecule has 0 aliphatic carbocycles. The summed E-state index contributed by atoms with van der Waals surface area (Å²) >= 11 is 7.65. The van der Waals surface area contributed by atoms with Gasteiger partial charge in [-0.15, -0.1) is 11.8 Å². The molecule has 2 aromatic rings. The van der Waals surface area contributed by atoms with Gasteiger partial charge in [0.25, 0.3) is 0 Å². The van der Waals surface area contributed by atoms with Crippen molar-refractivity contribution in [2.45, 2.75) is 51.6 Å². The van der Waals surface area contributed by atoms with Crippen LogP contribution >= 0.6 is 23.4 Å². The van der Waals surface area contributed by atoms with Gasteiger partial charge in [0.15, 0.2) is 0 Å². The third kappa shape index (κ3) is 8.11. The van der Waals surface area contributed by atoms with Crippen LogP contribution in [0.5, 0.6) is 0 Å². The normalized spacial score (nSPS) is 12.3. The van der Waals surface area contributed by atoms with E-state index in [1.54, 1.807) is 29.7 Å². The highest BCUT2D eigenvalue weighted by Gasteiger charge is 2.28. The second kappa shape index (κ2) is 10.7. The average Bonchev–Trinajstić information content (AvgIpc) is 2.65. The van der Waals surface area contributed by atoms with Crippen LogP contribution in [0.1, 0.15) is 38.8 Å². The van der Waals surface area contributed by atoms with Gasteiger partial charge >= 0.3 is 0 Å². The first-order chi connectivity index (χ1) is 13.7. The Labute approximate surface area is 183 Å². The molecule has 0 spiro atoms. The summed E-state index contributed by atoms with van der Waals surface area (Å²) in [4.78, 5) is 27.4. The lowest BCUT2D eigenvalue weighted by Gasteiger charge is -2.31. The van der Waals surface area contributed by atoms with E-state index in [-0.39, 0.29) is 17.4 Å². The van der Waals surface area contributed by atoms with Crippen molar-refractivity contribution in [3.05, 3.63) is 70.7 Å². The van der Waals surface area contributed by atoms with E-state index in [1.807, 2.05) is 69.3 Å². The van der Waals surface area contributed by atoms with E-state index in [4.69, 9.17) is 11.6 Å². The van der Waals surface area contributed by atoms with Gasteiger partial charge in [-0.25, -0.2) is 0 Å². The van der Waals surface area contributed by atoms with Crippen LogP contribution in [0.4, 0.5) is 0 Å². The number of carbonyl (C=O) groups excluding carboxylic acids is 2. The Morgan fingerprint density at radius 3 is 2.34 bits per heavy atom. The van der Waals surface area contributed by atoms with Crippen LogP contribution in [0.15, 0.2) is 54.6 Å². The number of hydrogen-bond donors (Lipinski definition) is 1. The SMILES string of the molecule is CC(C(=O)NC(C)(C)C)N(Cc1cccc(Cl)c1)C(=O)CSCc1ccccc1. The molecule has 0 saturated heterocycles. The first-order valence-electron chi connectivity index (χ1n) is 9.63. The molecule has 0 saturated carbocycles. The maximum atomic E-state index is 13.0. The van der Waals surface area contributed by atoms with E-state index in [2.05, 4.69) is 5.32 Å². The Hall–Kier alpha value is -1.98. The van der Waals surface area contributed by atoms with E-state index in [9.17, 15) is 9.59 Å². The summed E-state index contributed by atoms with van der Waals surface area (Å²) in [6.07, 6.45) is 0. The molecule has 0 bridgehead atoms. The molecule has 0 fully saturated rings. The zero-order valence-corrected chi connectivity index (χ0v) is 19.0. The van der Waals surface area contributed by atoms with Crippen molar-refractivity contribution in [1.82, 2.24) is 10.2 Å². The van der Waals surface area contributed by atoms with Crippen molar-refractivity contribution in [3.63, 3.8) is 0 Å². The van der Waals surface area contributed by atoms with Crippen molar-refractivity contribution < 1.29 is 9.59 Å². The van der Waals surface area contributed by atoms with Gasteiger partial charge < -0.3 is 10.2 Å². The molecule has 1 atom stereocenters. The Kier molecular flexibility index (Phi) is 8.60. The lowest BCUT2D eigenvalue weighted by Crippen LogP contribution is -2.52. The zero-order valence-electron chi connectivity index (χ0n) is 17.4. The van der Waals surface area contributed by atoms with Crippen LogP contribution in [0, 0.1) is 0 Å². The van der Waals surface area contributed by atoms with E-state index < -0.39 is 6.04 Å². The molecule has 2 amide bonds. The number of benzene rings is 2. The third-order valence-corrected chi connectivity index (χ3v) is 5.47.